The molecule has 0 bridgehead atoms. The van der Waals surface area contributed by atoms with E-state index in [9.17, 15) is 4.79 Å². The minimum Gasteiger partial charge on any atom is -0.481 e. The van der Waals surface area contributed by atoms with E-state index < -0.39 is 18.7 Å². The standard InChI is InChI=1S/C9H15BO5/c1-4-14-8(11)7-6(10(12)13)5-9(2,3)15-7/h12-13H,4-5H2,1-3H3. The molecule has 5 nitrogen and oxygen atoms in total. The first-order valence-corrected chi connectivity index (χ1v) is 4.82. The Balaban J connectivity index is 2.90. The van der Waals surface area contributed by atoms with Crippen molar-refractivity contribution in [3.8, 4) is 0 Å². The number of hydrogen-bond donors (Lipinski definition) is 2. The van der Waals surface area contributed by atoms with Crippen molar-refractivity contribution in [2.24, 2.45) is 0 Å². The number of hydrogen-bond acceptors (Lipinski definition) is 5. The van der Waals surface area contributed by atoms with Gasteiger partial charge in [0.25, 0.3) is 0 Å². The maximum Gasteiger partial charge on any atom is 0.488 e. The van der Waals surface area contributed by atoms with Crippen molar-refractivity contribution in [3.05, 3.63) is 11.2 Å². The third-order valence-corrected chi connectivity index (χ3v) is 2.06. The Hall–Kier alpha value is -1.01. The minimum absolute atomic E-state index is 0.0724. The molecule has 0 saturated heterocycles. The van der Waals surface area contributed by atoms with Gasteiger partial charge in [0.05, 0.1) is 6.61 Å². The van der Waals surface area contributed by atoms with E-state index in [4.69, 9.17) is 19.5 Å². The van der Waals surface area contributed by atoms with Crippen LogP contribution in [0.4, 0.5) is 0 Å². The first-order chi connectivity index (χ1) is 6.87. The monoisotopic (exact) mass is 214 g/mol. The summed E-state index contributed by atoms with van der Waals surface area (Å²) in [7, 11) is -1.67. The summed E-state index contributed by atoms with van der Waals surface area (Å²) in [4.78, 5) is 11.4. The van der Waals surface area contributed by atoms with Gasteiger partial charge in [0, 0.05) is 11.9 Å². The van der Waals surface area contributed by atoms with E-state index in [0.29, 0.717) is 6.42 Å². The highest BCUT2D eigenvalue weighted by molar-refractivity contribution is 6.51. The van der Waals surface area contributed by atoms with E-state index in [1.165, 1.54) is 0 Å². The van der Waals surface area contributed by atoms with Crippen LogP contribution in [0, 0.1) is 0 Å². The topological polar surface area (TPSA) is 76.0 Å². The van der Waals surface area contributed by atoms with Crippen LogP contribution < -0.4 is 0 Å². The Morgan fingerprint density at radius 2 is 2.20 bits per heavy atom. The molecule has 0 aromatic carbocycles. The molecular formula is C9H15BO5. The van der Waals surface area contributed by atoms with Gasteiger partial charge in [-0.2, -0.15) is 0 Å². The second-order valence-corrected chi connectivity index (χ2v) is 3.99. The maximum atomic E-state index is 11.4. The molecule has 0 aromatic rings. The number of esters is 1. The van der Waals surface area contributed by atoms with Crippen LogP contribution in [0.2, 0.25) is 0 Å². The van der Waals surface area contributed by atoms with Gasteiger partial charge in [-0.05, 0) is 20.8 Å². The summed E-state index contributed by atoms with van der Waals surface area (Å²) in [6.45, 7) is 5.43. The second kappa shape index (κ2) is 4.24. The third kappa shape index (κ3) is 2.73. The van der Waals surface area contributed by atoms with Gasteiger partial charge in [-0.1, -0.05) is 0 Å². The van der Waals surface area contributed by atoms with E-state index in [2.05, 4.69) is 0 Å². The summed E-state index contributed by atoms with van der Waals surface area (Å²) >= 11 is 0. The van der Waals surface area contributed by atoms with Crippen molar-refractivity contribution < 1.29 is 24.3 Å². The Morgan fingerprint density at radius 3 is 2.67 bits per heavy atom. The van der Waals surface area contributed by atoms with Crippen molar-refractivity contribution in [1.82, 2.24) is 0 Å². The van der Waals surface area contributed by atoms with Crippen LogP contribution in [0.1, 0.15) is 27.2 Å². The lowest BCUT2D eigenvalue weighted by Crippen LogP contribution is -2.21. The number of carbonyl (C=O) groups excluding carboxylic acids is 1. The Morgan fingerprint density at radius 1 is 1.60 bits per heavy atom. The largest absolute Gasteiger partial charge is 0.488 e. The molecule has 6 heteroatoms. The van der Waals surface area contributed by atoms with Crippen molar-refractivity contribution in [3.63, 3.8) is 0 Å². The van der Waals surface area contributed by atoms with Crippen molar-refractivity contribution in [2.45, 2.75) is 32.8 Å². The predicted octanol–water partition coefficient (Wildman–Crippen LogP) is 0.0145. The lowest BCUT2D eigenvalue weighted by atomic mass is 9.74. The van der Waals surface area contributed by atoms with Gasteiger partial charge in [-0.25, -0.2) is 4.79 Å². The van der Waals surface area contributed by atoms with Crippen LogP contribution in [-0.2, 0) is 14.3 Å². The SMILES string of the molecule is CCOC(=O)C1=C(B(O)O)CC(C)(C)O1. The van der Waals surface area contributed by atoms with Gasteiger partial charge in [-0.3, -0.25) is 0 Å². The zero-order valence-electron chi connectivity index (χ0n) is 9.11. The van der Waals surface area contributed by atoms with E-state index in [-0.39, 0.29) is 17.8 Å². The number of rotatable bonds is 3. The summed E-state index contributed by atoms with van der Waals surface area (Å²) < 4.78 is 10.1. The molecule has 2 N–H and O–H groups in total. The lowest BCUT2D eigenvalue weighted by molar-refractivity contribution is -0.144. The van der Waals surface area contributed by atoms with Crippen LogP contribution in [0.3, 0.4) is 0 Å². The summed E-state index contributed by atoms with van der Waals surface area (Å²) in [5.41, 5.74) is -0.417. The molecule has 84 valence electrons. The highest BCUT2D eigenvalue weighted by Gasteiger charge is 2.40. The molecule has 1 aliphatic rings. The molecule has 0 radical (unpaired) electrons. The Labute approximate surface area is 88.8 Å². The molecule has 0 spiro atoms. The van der Waals surface area contributed by atoms with Crippen LogP contribution in [0.15, 0.2) is 11.2 Å². The average Bonchev–Trinajstić information content (AvgIpc) is 2.42. The zero-order valence-corrected chi connectivity index (χ0v) is 9.11. The normalized spacial score (nSPS) is 18.7. The van der Waals surface area contributed by atoms with Gasteiger partial charge < -0.3 is 19.5 Å². The van der Waals surface area contributed by atoms with Crippen LogP contribution >= 0.6 is 0 Å². The number of carbonyl (C=O) groups is 1. The molecule has 0 aliphatic carbocycles. The van der Waals surface area contributed by atoms with Crippen LogP contribution in [0.5, 0.6) is 0 Å². The molecule has 0 aromatic heterocycles. The van der Waals surface area contributed by atoms with Gasteiger partial charge >= 0.3 is 13.1 Å². The van der Waals surface area contributed by atoms with Gasteiger partial charge in [0.1, 0.15) is 5.60 Å². The fraction of sp³-hybridized carbons (Fsp3) is 0.667. The number of ether oxygens (including phenoxy) is 2. The Kier molecular flexibility index (Phi) is 3.41. The first kappa shape index (κ1) is 12.1. The summed E-state index contributed by atoms with van der Waals surface area (Å²) in [6, 6.07) is 0. The molecule has 0 saturated carbocycles. The summed E-state index contributed by atoms with van der Waals surface area (Å²) in [5.74, 6) is -0.719. The van der Waals surface area contributed by atoms with Crippen molar-refractivity contribution >= 4 is 13.1 Å². The van der Waals surface area contributed by atoms with E-state index in [1.807, 2.05) is 0 Å². The van der Waals surface area contributed by atoms with Crippen molar-refractivity contribution in [1.29, 1.82) is 0 Å². The smallest absolute Gasteiger partial charge is 0.481 e. The summed E-state index contributed by atoms with van der Waals surface area (Å²) in [5, 5.41) is 18.2. The summed E-state index contributed by atoms with van der Waals surface area (Å²) in [6.07, 6.45) is 0.304. The van der Waals surface area contributed by atoms with Gasteiger partial charge in [0.15, 0.2) is 0 Å². The molecule has 15 heavy (non-hydrogen) atoms. The fourth-order valence-electron chi connectivity index (χ4n) is 1.49. The predicted molar refractivity (Wildman–Crippen MR) is 53.6 cm³/mol. The van der Waals surface area contributed by atoms with E-state index in [0.717, 1.165) is 0 Å². The second-order valence-electron chi connectivity index (χ2n) is 3.99. The minimum atomic E-state index is -1.67. The molecule has 1 rings (SSSR count). The zero-order chi connectivity index (χ0) is 11.6. The molecular weight excluding hydrogens is 199 g/mol. The molecule has 1 heterocycles. The van der Waals surface area contributed by atoms with Gasteiger partial charge in [0.2, 0.25) is 5.76 Å². The van der Waals surface area contributed by atoms with Crippen LogP contribution in [0.25, 0.3) is 0 Å². The highest BCUT2D eigenvalue weighted by atomic mass is 16.6. The molecule has 1 aliphatic heterocycles. The van der Waals surface area contributed by atoms with Gasteiger partial charge in [-0.15, -0.1) is 0 Å². The van der Waals surface area contributed by atoms with Crippen LogP contribution in [-0.4, -0.2) is 35.3 Å². The van der Waals surface area contributed by atoms with E-state index >= 15 is 0 Å². The Bertz CT molecular complexity index is 295. The highest BCUT2D eigenvalue weighted by Crippen LogP contribution is 2.34. The maximum absolute atomic E-state index is 11.4. The molecule has 0 fully saturated rings. The third-order valence-electron chi connectivity index (χ3n) is 2.06. The van der Waals surface area contributed by atoms with Crippen molar-refractivity contribution in [2.75, 3.05) is 6.61 Å². The first-order valence-electron chi connectivity index (χ1n) is 4.82. The quantitative estimate of drug-likeness (QED) is 0.511. The van der Waals surface area contributed by atoms with E-state index in [1.54, 1.807) is 20.8 Å². The lowest BCUT2D eigenvalue weighted by Gasteiger charge is -2.18. The fourth-order valence-corrected chi connectivity index (χ4v) is 1.49. The molecule has 0 unspecified atom stereocenters. The molecule has 0 amide bonds. The average molecular weight is 214 g/mol. The molecule has 0 atom stereocenters.